The van der Waals surface area contributed by atoms with Gasteiger partial charge in [0.25, 0.3) is 0 Å². The third-order valence-electron chi connectivity index (χ3n) is 10.6. The van der Waals surface area contributed by atoms with Crippen molar-refractivity contribution < 1.29 is 17.4 Å². The Labute approximate surface area is 369 Å². The van der Waals surface area contributed by atoms with E-state index in [1.54, 1.807) is 0 Å². The van der Waals surface area contributed by atoms with Gasteiger partial charge in [0.2, 0.25) is 0 Å². The summed E-state index contributed by atoms with van der Waals surface area (Å²) in [6.45, 7) is 28.2. The van der Waals surface area contributed by atoms with Gasteiger partial charge in [-0.15, -0.1) is 0 Å². The molecule has 0 fully saturated rings. The molecule has 0 bridgehead atoms. The second-order valence-corrected chi connectivity index (χ2v) is 42.7. The first-order valence-electron chi connectivity index (χ1n) is 20.3. The molecule has 0 saturated heterocycles. The maximum absolute atomic E-state index is 5.36. The maximum Gasteiger partial charge on any atom is 3.00 e. The molecule has 10 heteroatoms. The third-order valence-corrected chi connectivity index (χ3v) is 34.5. The molecule has 0 unspecified atom stereocenters. The summed E-state index contributed by atoms with van der Waals surface area (Å²) in [6.07, 6.45) is 0. The fourth-order valence-electron chi connectivity index (χ4n) is 7.56. The van der Waals surface area contributed by atoms with Crippen LogP contribution in [0.15, 0.2) is 182 Å². The minimum atomic E-state index is -1.71. The Kier molecular flexibility index (Phi) is 18.3. The summed E-state index contributed by atoms with van der Waals surface area (Å²) in [4.78, 5) is 0. The van der Waals surface area contributed by atoms with Crippen LogP contribution >= 0.6 is 0 Å². The third kappa shape index (κ3) is 14.6. The zero-order valence-electron chi connectivity index (χ0n) is 37.1. The predicted molar refractivity (Wildman–Crippen MR) is 271 cm³/mol. The fourth-order valence-corrected chi connectivity index (χ4v) is 33.5. The second kappa shape index (κ2) is 21.5. The van der Waals surface area contributed by atoms with Crippen LogP contribution in [0.3, 0.4) is 0 Å². The van der Waals surface area contributed by atoms with Gasteiger partial charge in [-0.05, 0) is 49.4 Å². The van der Waals surface area contributed by atoms with Crippen molar-refractivity contribution in [3.05, 3.63) is 196 Å². The molecule has 0 N–H and O–H groups in total. The molecule has 3 nitrogen and oxygen atoms in total. The van der Waals surface area contributed by atoms with E-state index in [1.807, 2.05) is 0 Å². The largest absolute Gasteiger partial charge is 3.00 e. The van der Waals surface area contributed by atoms with E-state index in [-0.39, 0.29) is 17.4 Å². The smallest absolute Gasteiger partial charge is 0.660 e. The fraction of sp³-hybridized carbons (Fsp3) is 0.250. The van der Waals surface area contributed by atoms with Gasteiger partial charge in [-0.3, -0.25) is 0 Å². The van der Waals surface area contributed by atoms with E-state index in [2.05, 4.69) is 261 Å². The first kappa shape index (κ1) is 49.4. The van der Waals surface area contributed by atoms with Crippen LogP contribution in [0.1, 0.15) is 0 Å². The number of rotatable bonds is 12. The van der Waals surface area contributed by atoms with E-state index in [4.69, 9.17) is 13.9 Å². The molecule has 6 aromatic carbocycles. The topological polar surface area (TPSA) is 42.3 Å². The molecular weight excluding hydrogens is 839 g/mol. The van der Waals surface area contributed by atoms with Crippen LogP contribution in [-0.2, 0) is 17.4 Å². The molecular formula is C48H66CrN3Si6. The van der Waals surface area contributed by atoms with Gasteiger partial charge in [-0.2, -0.15) is 0 Å². The Morgan fingerprint density at radius 1 is 0.207 bits per heavy atom. The molecule has 6 aromatic rings. The standard InChI is InChI=1S/3C16H22NSi2.Cr/c3*1-18(2,15-11-7-5-8-12-15)17-19(3,4)16-13-9-6-10-14-16;/h3*5-14H,1-4H3;/q3*-1;+3. The van der Waals surface area contributed by atoms with E-state index in [9.17, 15) is 0 Å². The molecule has 0 spiro atoms. The van der Waals surface area contributed by atoms with Crippen molar-refractivity contribution in [3.63, 3.8) is 0 Å². The predicted octanol–water partition coefficient (Wildman–Crippen LogP) is 10.8. The van der Waals surface area contributed by atoms with Gasteiger partial charge >= 0.3 is 17.4 Å². The van der Waals surface area contributed by atoms with Gasteiger partial charge in [0.05, 0.1) is 0 Å². The van der Waals surface area contributed by atoms with E-state index in [0.717, 1.165) is 0 Å². The zero-order valence-corrected chi connectivity index (χ0v) is 44.3. The molecule has 0 atom stereocenters. The van der Waals surface area contributed by atoms with Crippen molar-refractivity contribution in [2.45, 2.75) is 78.6 Å². The summed E-state index contributed by atoms with van der Waals surface area (Å²) in [5, 5.41) is 8.54. The number of hydrogen-bond acceptors (Lipinski definition) is 0. The Bertz CT molecular complexity index is 1660. The SMILES string of the molecule is C[Si](C)([N-][Si](C)(C)c1ccccc1)c1ccccc1.C[Si](C)([N-][Si](C)(C)c1ccccc1)c1ccccc1.C[Si](C)([N-][Si](C)(C)c1ccccc1)c1ccccc1.[Cr+3]. The van der Waals surface area contributed by atoms with E-state index >= 15 is 0 Å². The zero-order chi connectivity index (χ0) is 41.8. The minimum absolute atomic E-state index is 0. The Hall–Kier alpha value is -2.97. The maximum atomic E-state index is 5.36. The van der Waals surface area contributed by atoms with Crippen molar-refractivity contribution in [2.24, 2.45) is 0 Å². The van der Waals surface area contributed by atoms with Gasteiger partial charge < -0.3 is 13.9 Å². The molecule has 0 aliphatic heterocycles. The van der Waals surface area contributed by atoms with Crippen LogP contribution in [0.5, 0.6) is 0 Å². The molecule has 303 valence electrons. The number of benzene rings is 6. The normalized spacial score (nSPS) is 12.2. The van der Waals surface area contributed by atoms with Crippen LogP contribution < -0.4 is 31.1 Å². The van der Waals surface area contributed by atoms with Crippen molar-refractivity contribution in [3.8, 4) is 0 Å². The van der Waals surface area contributed by atoms with Crippen LogP contribution in [0.25, 0.3) is 13.9 Å². The summed E-state index contributed by atoms with van der Waals surface area (Å²) < 4.78 is 16.1. The second-order valence-electron chi connectivity index (χ2n) is 17.9. The average molecular weight is 906 g/mol. The molecule has 0 amide bonds. The molecule has 0 saturated carbocycles. The van der Waals surface area contributed by atoms with E-state index in [1.165, 1.54) is 31.1 Å². The summed E-state index contributed by atoms with van der Waals surface area (Å²) in [5.74, 6) is 0. The monoisotopic (exact) mass is 904 g/mol. The molecule has 58 heavy (non-hydrogen) atoms. The summed E-state index contributed by atoms with van der Waals surface area (Å²) in [7, 11) is -10.3. The van der Waals surface area contributed by atoms with Crippen LogP contribution in [0, 0.1) is 0 Å². The molecule has 0 aromatic heterocycles. The van der Waals surface area contributed by atoms with Crippen molar-refractivity contribution >= 4 is 80.5 Å². The van der Waals surface area contributed by atoms with Crippen LogP contribution in [-0.4, -0.2) is 49.4 Å². The van der Waals surface area contributed by atoms with Crippen LogP contribution in [0.4, 0.5) is 0 Å². The minimum Gasteiger partial charge on any atom is -0.660 e. The molecule has 1 radical (unpaired) electrons. The summed E-state index contributed by atoms with van der Waals surface area (Å²) in [6, 6.07) is 64.7. The molecule has 0 heterocycles. The number of hydrogen-bond donors (Lipinski definition) is 0. The van der Waals surface area contributed by atoms with Gasteiger partial charge in [0.15, 0.2) is 0 Å². The molecule has 0 aliphatic rings. The quantitative estimate of drug-likeness (QED) is 0.110. The number of nitrogens with zero attached hydrogens (tertiary/aromatic N) is 3. The average Bonchev–Trinajstić information content (AvgIpc) is 3.19. The van der Waals surface area contributed by atoms with Crippen molar-refractivity contribution in [1.82, 2.24) is 0 Å². The molecule has 0 aliphatic carbocycles. The van der Waals surface area contributed by atoms with Crippen molar-refractivity contribution in [2.75, 3.05) is 0 Å². The molecule has 6 rings (SSSR count). The summed E-state index contributed by atoms with van der Waals surface area (Å²) >= 11 is 0. The van der Waals surface area contributed by atoms with Crippen LogP contribution in [0.2, 0.25) is 78.6 Å². The Balaban J connectivity index is 0.000000231. The Morgan fingerprint density at radius 2 is 0.310 bits per heavy atom. The van der Waals surface area contributed by atoms with Gasteiger partial charge in [0.1, 0.15) is 0 Å². The summed E-state index contributed by atoms with van der Waals surface area (Å²) in [5.41, 5.74) is 0. The van der Waals surface area contributed by atoms with E-state index in [0.29, 0.717) is 0 Å². The van der Waals surface area contributed by atoms with Gasteiger partial charge in [-0.1, -0.05) is 292 Å². The van der Waals surface area contributed by atoms with E-state index < -0.39 is 49.4 Å². The van der Waals surface area contributed by atoms with Crippen molar-refractivity contribution in [1.29, 1.82) is 0 Å². The van der Waals surface area contributed by atoms with Gasteiger partial charge in [0, 0.05) is 0 Å². The Morgan fingerprint density at radius 3 is 0.414 bits per heavy atom. The van der Waals surface area contributed by atoms with Gasteiger partial charge in [-0.25, -0.2) is 0 Å². The first-order valence-corrected chi connectivity index (χ1v) is 38.0. The first-order chi connectivity index (χ1) is 26.8.